The third kappa shape index (κ3) is 3.65. The second-order valence-electron chi connectivity index (χ2n) is 5.78. The van der Waals surface area contributed by atoms with Crippen LogP contribution in [0.3, 0.4) is 0 Å². The number of hydrogen-bond donors (Lipinski definition) is 2. The van der Waals surface area contributed by atoms with E-state index in [1.165, 1.54) is 0 Å². The molecule has 1 atom stereocenters. The fraction of sp³-hybridized carbons (Fsp3) is 0.615. The van der Waals surface area contributed by atoms with Gasteiger partial charge in [0.2, 0.25) is 5.91 Å². The molecule has 0 aliphatic carbocycles. The summed E-state index contributed by atoms with van der Waals surface area (Å²) in [5, 5.41) is 6.05. The van der Waals surface area contributed by atoms with Gasteiger partial charge in [-0.2, -0.15) is 0 Å². The van der Waals surface area contributed by atoms with Crippen molar-refractivity contribution in [2.45, 2.75) is 45.1 Å². The number of nitrogens with one attached hydrogen (secondary N) is 2. The molecule has 0 aromatic carbocycles. The number of piperidine rings is 1. The molecule has 2 rings (SSSR count). The van der Waals surface area contributed by atoms with Gasteiger partial charge in [0, 0.05) is 18.0 Å². The monoisotopic (exact) mass is 326 g/mol. The number of anilines is 1. The molecule has 19 heavy (non-hydrogen) atoms. The summed E-state index contributed by atoms with van der Waals surface area (Å²) in [6.07, 6.45) is 1.82. The van der Waals surface area contributed by atoms with E-state index in [2.05, 4.69) is 57.3 Å². The van der Waals surface area contributed by atoms with E-state index in [0.29, 0.717) is 5.82 Å². The van der Waals surface area contributed by atoms with Gasteiger partial charge in [0.25, 0.3) is 0 Å². The highest BCUT2D eigenvalue weighted by atomic mass is 79.9. The van der Waals surface area contributed by atoms with Gasteiger partial charge in [-0.05, 0) is 28.8 Å². The predicted molar refractivity (Wildman–Crippen MR) is 78.1 cm³/mol. The highest BCUT2D eigenvalue weighted by Gasteiger charge is 2.24. The summed E-state index contributed by atoms with van der Waals surface area (Å²) >= 11 is 3.39. The molecule has 1 fully saturated rings. The van der Waals surface area contributed by atoms with Crippen LogP contribution in [0.5, 0.6) is 0 Å². The van der Waals surface area contributed by atoms with Gasteiger partial charge in [-0.15, -0.1) is 0 Å². The average molecular weight is 327 g/mol. The van der Waals surface area contributed by atoms with Crippen molar-refractivity contribution in [2.24, 2.45) is 0 Å². The Labute approximate surface area is 121 Å². The Balaban J connectivity index is 2.20. The smallest absolute Gasteiger partial charge is 0.242 e. The summed E-state index contributed by atoms with van der Waals surface area (Å²) < 4.78 is 0.728. The van der Waals surface area contributed by atoms with Crippen LogP contribution < -0.4 is 10.6 Å². The number of rotatable bonds is 2. The Kier molecular flexibility index (Phi) is 4.08. The van der Waals surface area contributed by atoms with Crippen LogP contribution in [0.25, 0.3) is 0 Å². The second-order valence-corrected chi connectivity index (χ2v) is 6.59. The SMILES string of the molecule is CC(C)(C)c1nc(Br)cc(NC2CCCNC2=O)n1. The number of hydrogen-bond acceptors (Lipinski definition) is 4. The maximum Gasteiger partial charge on any atom is 0.242 e. The van der Waals surface area contributed by atoms with Crippen molar-refractivity contribution in [1.82, 2.24) is 15.3 Å². The second kappa shape index (κ2) is 5.45. The third-order valence-corrected chi connectivity index (χ3v) is 3.38. The Morgan fingerprint density at radius 3 is 2.79 bits per heavy atom. The highest BCUT2D eigenvalue weighted by molar-refractivity contribution is 9.10. The van der Waals surface area contributed by atoms with E-state index in [-0.39, 0.29) is 17.4 Å². The first kappa shape index (κ1) is 14.2. The maximum atomic E-state index is 11.7. The van der Waals surface area contributed by atoms with Crippen molar-refractivity contribution in [1.29, 1.82) is 0 Å². The lowest BCUT2D eigenvalue weighted by Gasteiger charge is -2.24. The number of carbonyl (C=O) groups is 1. The first-order valence-electron chi connectivity index (χ1n) is 6.45. The number of nitrogens with zero attached hydrogens (tertiary/aromatic N) is 2. The van der Waals surface area contributed by atoms with E-state index in [9.17, 15) is 4.79 Å². The van der Waals surface area contributed by atoms with Gasteiger partial charge >= 0.3 is 0 Å². The minimum atomic E-state index is -0.205. The van der Waals surface area contributed by atoms with Crippen LogP contribution in [0.1, 0.15) is 39.4 Å². The molecule has 0 saturated carbocycles. The zero-order valence-corrected chi connectivity index (χ0v) is 13.0. The summed E-state index contributed by atoms with van der Waals surface area (Å²) in [7, 11) is 0. The highest BCUT2D eigenvalue weighted by Crippen LogP contribution is 2.23. The first-order valence-corrected chi connectivity index (χ1v) is 7.25. The van der Waals surface area contributed by atoms with E-state index in [1.807, 2.05) is 0 Å². The normalized spacial score (nSPS) is 20.0. The van der Waals surface area contributed by atoms with E-state index in [1.54, 1.807) is 6.07 Å². The van der Waals surface area contributed by atoms with Gasteiger partial charge in [-0.3, -0.25) is 4.79 Å². The van der Waals surface area contributed by atoms with Gasteiger partial charge in [-0.25, -0.2) is 9.97 Å². The van der Waals surface area contributed by atoms with Crippen molar-refractivity contribution in [3.05, 3.63) is 16.5 Å². The maximum absolute atomic E-state index is 11.7. The lowest BCUT2D eigenvalue weighted by Crippen LogP contribution is -2.44. The van der Waals surface area contributed by atoms with Crippen LogP contribution in [0.2, 0.25) is 0 Å². The molecule has 2 heterocycles. The summed E-state index contributed by atoms with van der Waals surface area (Å²) in [4.78, 5) is 20.6. The fourth-order valence-corrected chi connectivity index (χ4v) is 2.30. The van der Waals surface area contributed by atoms with Gasteiger partial charge in [0.05, 0.1) is 0 Å². The zero-order valence-electron chi connectivity index (χ0n) is 11.5. The quantitative estimate of drug-likeness (QED) is 0.818. The molecule has 0 radical (unpaired) electrons. The minimum absolute atomic E-state index is 0.0401. The Morgan fingerprint density at radius 2 is 2.16 bits per heavy atom. The van der Waals surface area contributed by atoms with Crippen molar-refractivity contribution >= 4 is 27.7 Å². The average Bonchev–Trinajstić information content (AvgIpc) is 2.30. The Bertz CT molecular complexity index is 484. The van der Waals surface area contributed by atoms with Crippen molar-refractivity contribution < 1.29 is 4.79 Å². The molecule has 1 unspecified atom stereocenters. The van der Waals surface area contributed by atoms with Crippen LogP contribution in [0.4, 0.5) is 5.82 Å². The topological polar surface area (TPSA) is 66.9 Å². The molecular weight excluding hydrogens is 308 g/mol. The lowest BCUT2D eigenvalue weighted by molar-refractivity contribution is -0.123. The van der Waals surface area contributed by atoms with Crippen LogP contribution in [0, 0.1) is 0 Å². The van der Waals surface area contributed by atoms with Gasteiger partial charge in [0.1, 0.15) is 22.3 Å². The van der Waals surface area contributed by atoms with Gasteiger partial charge < -0.3 is 10.6 Å². The first-order chi connectivity index (χ1) is 8.86. The molecule has 0 bridgehead atoms. The molecule has 104 valence electrons. The van der Waals surface area contributed by atoms with Crippen molar-refractivity contribution in [3.63, 3.8) is 0 Å². The molecule has 0 spiro atoms. The molecule has 5 nitrogen and oxygen atoms in total. The van der Waals surface area contributed by atoms with Crippen LogP contribution in [0.15, 0.2) is 10.7 Å². The molecule has 1 amide bonds. The molecule has 1 aromatic heterocycles. The molecule has 1 aliphatic rings. The lowest BCUT2D eigenvalue weighted by atomic mass is 9.96. The summed E-state index contributed by atoms with van der Waals surface area (Å²) in [6, 6.07) is 1.60. The van der Waals surface area contributed by atoms with Crippen LogP contribution >= 0.6 is 15.9 Å². The van der Waals surface area contributed by atoms with Crippen molar-refractivity contribution in [2.75, 3.05) is 11.9 Å². The largest absolute Gasteiger partial charge is 0.358 e. The standard InChI is InChI=1S/C13H19BrN4O/c1-13(2,3)12-17-9(14)7-10(18-12)16-8-5-4-6-15-11(8)19/h7-8H,4-6H2,1-3H3,(H,15,19)(H,16,17,18). The Morgan fingerprint density at radius 1 is 1.42 bits per heavy atom. The molecule has 1 aliphatic heterocycles. The molecule has 1 aromatic rings. The number of halogens is 1. The van der Waals surface area contributed by atoms with Crippen LogP contribution in [-0.4, -0.2) is 28.5 Å². The number of amides is 1. The fourth-order valence-electron chi connectivity index (χ4n) is 1.92. The molecule has 6 heteroatoms. The van der Waals surface area contributed by atoms with E-state index < -0.39 is 0 Å². The van der Waals surface area contributed by atoms with Gasteiger partial charge in [-0.1, -0.05) is 20.8 Å². The van der Waals surface area contributed by atoms with E-state index >= 15 is 0 Å². The number of carbonyl (C=O) groups excluding carboxylic acids is 1. The number of aromatic nitrogens is 2. The molecule has 2 N–H and O–H groups in total. The summed E-state index contributed by atoms with van der Waals surface area (Å²) in [6.45, 7) is 6.95. The van der Waals surface area contributed by atoms with Crippen molar-refractivity contribution in [3.8, 4) is 0 Å². The van der Waals surface area contributed by atoms with E-state index in [4.69, 9.17) is 0 Å². The summed E-state index contributed by atoms with van der Waals surface area (Å²) in [5.74, 6) is 1.48. The minimum Gasteiger partial charge on any atom is -0.358 e. The molecule has 1 saturated heterocycles. The Hall–Kier alpha value is -1.17. The van der Waals surface area contributed by atoms with Crippen LogP contribution in [-0.2, 0) is 10.2 Å². The molecular formula is C13H19BrN4O. The zero-order chi connectivity index (χ0) is 14.0. The third-order valence-electron chi connectivity index (χ3n) is 2.97. The van der Waals surface area contributed by atoms with Gasteiger partial charge in [0.15, 0.2) is 0 Å². The van der Waals surface area contributed by atoms with E-state index in [0.717, 1.165) is 29.8 Å². The summed E-state index contributed by atoms with van der Waals surface area (Å²) in [5.41, 5.74) is -0.130. The predicted octanol–water partition coefficient (Wildman–Crippen LogP) is 2.23.